The number of nitrogens with one attached hydrogen (secondary N) is 3. The van der Waals surface area contributed by atoms with Gasteiger partial charge in [0.25, 0.3) is 0 Å². The zero-order valence-electron chi connectivity index (χ0n) is 12.6. The van der Waals surface area contributed by atoms with Crippen molar-refractivity contribution >= 4 is 53.5 Å². The molecule has 0 saturated heterocycles. The number of aromatic carboxylic acids is 2. The van der Waals surface area contributed by atoms with Crippen molar-refractivity contribution in [2.75, 3.05) is 24.2 Å². The summed E-state index contributed by atoms with van der Waals surface area (Å²) in [4.78, 5) is 33.0. The number of benzene rings is 1. The molecule has 0 unspecified atom stereocenters. The van der Waals surface area contributed by atoms with Gasteiger partial charge in [-0.3, -0.25) is 4.79 Å². The molecule has 139 valence electrons. The number of thiocarbonyl (C=S) groups is 1. The van der Waals surface area contributed by atoms with Gasteiger partial charge in [-0.2, -0.15) is 12.6 Å². The monoisotopic (exact) mass is 560 g/mol. The Labute approximate surface area is 167 Å². The van der Waals surface area contributed by atoms with E-state index in [0.717, 1.165) is 6.07 Å². The molecule has 0 aliphatic heterocycles. The van der Waals surface area contributed by atoms with Crippen LogP contribution in [-0.4, -0.2) is 52.0 Å². The van der Waals surface area contributed by atoms with E-state index in [2.05, 4.69) is 28.6 Å². The largest absolute Gasteiger partial charge is 2.00 e. The molecule has 0 fully saturated rings. The first-order chi connectivity index (χ1) is 10.8. The third-order valence-corrected chi connectivity index (χ3v) is 3.09. The molecule has 9 nitrogen and oxygen atoms in total. The summed E-state index contributed by atoms with van der Waals surface area (Å²) < 4.78 is 0. The number of thiol groups is 1. The van der Waals surface area contributed by atoms with Crippen LogP contribution in [0.5, 0.6) is 0 Å². The van der Waals surface area contributed by atoms with E-state index in [1.807, 2.05) is 0 Å². The molecule has 1 rings (SSSR count). The molecule has 1 aromatic rings. The number of carbonyl (C=O) groups excluding carboxylic acids is 1. The molecule has 0 bridgehead atoms. The molecule has 0 atom stereocenters. The Bertz CT molecular complexity index is 612. The van der Waals surface area contributed by atoms with E-state index in [9.17, 15) is 14.4 Å². The van der Waals surface area contributed by atoms with Crippen LogP contribution < -0.4 is 16.0 Å². The van der Waals surface area contributed by atoms with Crippen LogP contribution in [0, 0.1) is 0 Å². The summed E-state index contributed by atoms with van der Waals surface area (Å²) in [6.45, 7) is 0.673. The summed E-state index contributed by atoms with van der Waals surface area (Å²) in [5.41, 5.74) is -0.105. The molecule has 12 heteroatoms. The Morgan fingerprint density at radius 2 is 1.48 bits per heavy atom. The zero-order chi connectivity index (χ0) is 17.4. The summed E-state index contributed by atoms with van der Waals surface area (Å²) in [5, 5.41) is 26.2. The third kappa shape index (κ3) is 9.37. The molecule has 0 heterocycles. The van der Waals surface area contributed by atoms with Crippen LogP contribution in [0.15, 0.2) is 18.2 Å². The van der Waals surface area contributed by atoms with Gasteiger partial charge in [0.05, 0.1) is 16.9 Å². The summed E-state index contributed by atoms with van der Waals surface area (Å²) >= 11 is 8.83. The maximum Gasteiger partial charge on any atom is 0.335 e. The fourth-order valence-electron chi connectivity index (χ4n) is 1.56. The fourth-order valence-corrected chi connectivity index (χ4v) is 1.89. The molecule has 0 saturated carbocycles. The Balaban J connectivity index is 0. The number of carboxylic acid groups (broad SMARTS) is 2. The second-order valence-corrected chi connectivity index (χ2v) is 5.02. The first kappa shape index (κ1) is 25.5. The number of hydrogen-bond acceptors (Lipinski definition) is 5. The van der Waals surface area contributed by atoms with Crippen LogP contribution in [0.3, 0.4) is 0 Å². The summed E-state index contributed by atoms with van der Waals surface area (Å²) in [5.74, 6) is -2.62. The molecule has 0 aliphatic carbocycles. The van der Waals surface area contributed by atoms with Crippen molar-refractivity contribution < 1.29 is 50.5 Å². The van der Waals surface area contributed by atoms with Crippen LogP contribution >= 0.6 is 24.8 Å². The second-order valence-electron chi connectivity index (χ2n) is 4.30. The van der Waals surface area contributed by atoms with E-state index in [0.29, 0.717) is 13.1 Å². The van der Waals surface area contributed by atoms with Gasteiger partial charge in [-0.15, -0.1) is 0 Å². The second kappa shape index (κ2) is 12.6. The molecule has 25 heavy (non-hydrogen) atoms. The molecule has 5 N–H and O–H groups in total. The number of anilines is 1. The minimum absolute atomic E-state index is 0. The Morgan fingerprint density at radius 3 is 1.92 bits per heavy atom. The van der Waals surface area contributed by atoms with Crippen LogP contribution in [0.4, 0.5) is 5.69 Å². The van der Waals surface area contributed by atoms with Crippen molar-refractivity contribution in [3.63, 3.8) is 0 Å². The van der Waals surface area contributed by atoms with Gasteiger partial charge in [-0.1, -0.05) is 0 Å². The maximum absolute atomic E-state index is 11.0. The van der Waals surface area contributed by atoms with E-state index < -0.39 is 11.9 Å². The van der Waals surface area contributed by atoms with Gasteiger partial charge >= 0.3 is 11.9 Å². The van der Waals surface area contributed by atoms with Gasteiger partial charge < -0.3 is 31.6 Å². The first-order valence-electron chi connectivity index (χ1n) is 6.37. The SMILES string of the molecule is O=C(CS)NCCNC(=S)Nc1cc(C(=O)O)cc(C(=O)O)c1.[O-2].[Re]. The predicted octanol–water partition coefficient (Wildman–Crippen LogP) is 0.294. The number of carboxylic acids is 2. The topological polar surface area (TPSA) is 156 Å². The molecule has 1 radical (unpaired) electrons. The summed E-state index contributed by atoms with van der Waals surface area (Å²) in [6.07, 6.45) is 0. The van der Waals surface area contributed by atoms with Crippen molar-refractivity contribution in [1.82, 2.24) is 10.6 Å². The Kier molecular flexibility index (Phi) is 12.9. The molecule has 0 spiro atoms. The van der Waals surface area contributed by atoms with Crippen LogP contribution in [0.1, 0.15) is 20.7 Å². The quantitative estimate of drug-likeness (QED) is 0.158. The van der Waals surface area contributed by atoms with Crippen molar-refractivity contribution in [1.29, 1.82) is 0 Å². The molecule has 1 amide bonds. The van der Waals surface area contributed by atoms with Crippen LogP contribution in [0.2, 0.25) is 0 Å². The minimum atomic E-state index is -1.25. The average Bonchev–Trinajstić information content (AvgIpc) is 2.50. The van der Waals surface area contributed by atoms with Crippen LogP contribution in [-0.2, 0) is 30.7 Å². The van der Waals surface area contributed by atoms with E-state index in [1.165, 1.54) is 12.1 Å². The Hall–Kier alpha value is -1.71. The molecular formula is C13H15N3O6ReS2-2. The van der Waals surface area contributed by atoms with Gasteiger partial charge in [0.15, 0.2) is 5.11 Å². The van der Waals surface area contributed by atoms with Crippen LogP contribution in [0.25, 0.3) is 0 Å². The normalized spacial score (nSPS) is 9.00. The number of carbonyl (C=O) groups is 3. The predicted molar refractivity (Wildman–Crippen MR) is 92.1 cm³/mol. The van der Waals surface area contributed by atoms with E-state index in [-0.39, 0.29) is 59.5 Å². The Morgan fingerprint density at radius 1 is 1.00 bits per heavy atom. The maximum atomic E-state index is 11.0. The smallest absolute Gasteiger partial charge is 0.335 e. The third-order valence-electron chi connectivity index (χ3n) is 2.56. The minimum Gasteiger partial charge on any atom is -2.00 e. The van der Waals surface area contributed by atoms with Crippen molar-refractivity contribution in [3.05, 3.63) is 29.3 Å². The van der Waals surface area contributed by atoms with E-state index >= 15 is 0 Å². The van der Waals surface area contributed by atoms with Gasteiger partial charge in [-0.05, 0) is 30.4 Å². The van der Waals surface area contributed by atoms with Gasteiger partial charge in [0.2, 0.25) is 5.91 Å². The molecule has 0 aliphatic rings. The van der Waals surface area contributed by atoms with E-state index in [4.69, 9.17) is 22.4 Å². The first-order valence-corrected chi connectivity index (χ1v) is 7.41. The number of rotatable bonds is 7. The average molecular weight is 560 g/mol. The van der Waals surface area contributed by atoms with Crippen molar-refractivity contribution in [3.8, 4) is 0 Å². The summed E-state index contributed by atoms with van der Waals surface area (Å²) in [7, 11) is 0. The molecule has 0 aromatic heterocycles. The van der Waals surface area contributed by atoms with E-state index in [1.54, 1.807) is 0 Å². The summed E-state index contributed by atoms with van der Waals surface area (Å²) in [6, 6.07) is 3.59. The molecule has 1 aromatic carbocycles. The fraction of sp³-hybridized carbons (Fsp3) is 0.231. The number of hydrogen-bond donors (Lipinski definition) is 6. The number of amides is 1. The van der Waals surface area contributed by atoms with Crippen molar-refractivity contribution in [2.45, 2.75) is 0 Å². The van der Waals surface area contributed by atoms with Gasteiger partial charge in [0.1, 0.15) is 0 Å². The molecular weight excluding hydrogens is 544 g/mol. The van der Waals surface area contributed by atoms with Gasteiger partial charge in [0, 0.05) is 39.2 Å². The van der Waals surface area contributed by atoms with Crippen molar-refractivity contribution in [2.24, 2.45) is 0 Å². The standard InChI is InChI=1S/C13H15N3O5S2.O.Re/c17-10(6-22)14-1-2-15-13(23)16-9-4-7(11(18)19)3-8(5-9)12(20)21;;/h3-5,22H,1-2,6H2,(H,14,17)(H,18,19)(H,20,21)(H2,15,16,23);;/q;-2;. The van der Waals surface area contributed by atoms with Gasteiger partial charge in [-0.25, -0.2) is 9.59 Å². The zero-order valence-corrected chi connectivity index (χ0v) is 17.0.